The van der Waals surface area contributed by atoms with Crippen molar-refractivity contribution in [3.8, 4) is 11.1 Å². The Bertz CT molecular complexity index is 736. The van der Waals surface area contributed by atoms with Gasteiger partial charge in [-0.15, -0.1) is 0 Å². The molecular formula is C20H24N2O2. The molecule has 3 rings (SSSR count). The van der Waals surface area contributed by atoms with Crippen LogP contribution < -0.4 is 5.32 Å². The van der Waals surface area contributed by atoms with E-state index in [2.05, 4.69) is 35.3 Å². The molecule has 1 aliphatic heterocycles. The van der Waals surface area contributed by atoms with Crippen LogP contribution in [0.5, 0.6) is 0 Å². The van der Waals surface area contributed by atoms with Crippen LogP contribution in [0.4, 0.5) is 5.69 Å². The van der Waals surface area contributed by atoms with E-state index in [9.17, 15) is 9.90 Å². The van der Waals surface area contributed by atoms with Crippen molar-refractivity contribution >= 4 is 11.7 Å². The predicted molar refractivity (Wildman–Crippen MR) is 97.6 cm³/mol. The van der Waals surface area contributed by atoms with Gasteiger partial charge in [0.05, 0.1) is 5.56 Å². The molecular weight excluding hydrogens is 300 g/mol. The molecule has 4 nitrogen and oxygen atoms in total. The van der Waals surface area contributed by atoms with Gasteiger partial charge in [-0.3, -0.25) is 4.90 Å². The third kappa shape index (κ3) is 3.29. The average Bonchev–Trinajstić information content (AvgIpc) is 3.15. The van der Waals surface area contributed by atoms with E-state index in [0.29, 0.717) is 17.3 Å². The maximum Gasteiger partial charge on any atom is 0.337 e. The molecule has 0 saturated carbocycles. The van der Waals surface area contributed by atoms with Gasteiger partial charge in [0.2, 0.25) is 0 Å². The van der Waals surface area contributed by atoms with E-state index < -0.39 is 5.97 Å². The smallest absolute Gasteiger partial charge is 0.337 e. The van der Waals surface area contributed by atoms with Gasteiger partial charge in [0, 0.05) is 18.8 Å². The van der Waals surface area contributed by atoms with Gasteiger partial charge < -0.3 is 10.4 Å². The van der Waals surface area contributed by atoms with Gasteiger partial charge in [0.1, 0.15) is 0 Å². The fraction of sp³-hybridized carbons (Fsp3) is 0.350. The van der Waals surface area contributed by atoms with Crippen LogP contribution in [-0.2, 0) is 0 Å². The quantitative estimate of drug-likeness (QED) is 0.863. The second-order valence-electron chi connectivity index (χ2n) is 6.36. The molecule has 0 radical (unpaired) electrons. The van der Waals surface area contributed by atoms with Crippen molar-refractivity contribution in [2.24, 2.45) is 0 Å². The summed E-state index contributed by atoms with van der Waals surface area (Å²) in [5, 5.41) is 12.3. The first-order chi connectivity index (χ1) is 11.6. The number of carbonyl (C=O) groups is 1. The summed E-state index contributed by atoms with van der Waals surface area (Å²) < 4.78 is 0. The van der Waals surface area contributed by atoms with Crippen LogP contribution in [-0.4, -0.2) is 36.1 Å². The first-order valence-electron chi connectivity index (χ1n) is 8.49. The minimum atomic E-state index is -0.914. The Morgan fingerprint density at radius 1 is 1.12 bits per heavy atom. The maximum atomic E-state index is 11.5. The molecule has 1 atom stereocenters. The van der Waals surface area contributed by atoms with E-state index >= 15 is 0 Å². The lowest BCUT2D eigenvalue weighted by atomic mass is 9.97. The number of benzene rings is 2. The summed E-state index contributed by atoms with van der Waals surface area (Å²) >= 11 is 0. The summed E-state index contributed by atoms with van der Waals surface area (Å²) in [7, 11) is 1.74. The number of hydrogen-bond donors (Lipinski definition) is 2. The van der Waals surface area contributed by atoms with Crippen LogP contribution >= 0.6 is 0 Å². The van der Waals surface area contributed by atoms with Crippen LogP contribution in [0.15, 0.2) is 42.5 Å². The lowest BCUT2D eigenvalue weighted by Crippen LogP contribution is -2.23. The van der Waals surface area contributed by atoms with Crippen LogP contribution in [0, 0.1) is 0 Å². The zero-order valence-corrected chi connectivity index (χ0v) is 14.2. The summed E-state index contributed by atoms with van der Waals surface area (Å²) in [5.41, 5.74) is 4.20. The third-order valence-electron chi connectivity index (χ3n) is 4.91. The van der Waals surface area contributed by atoms with Gasteiger partial charge in [0.25, 0.3) is 0 Å². The molecule has 2 N–H and O–H groups in total. The molecule has 1 fully saturated rings. The van der Waals surface area contributed by atoms with Crippen LogP contribution in [0.25, 0.3) is 11.1 Å². The fourth-order valence-electron chi connectivity index (χ4n) is 3.44. The zero-order valence-electron chi connectivity index (χ0n) is 14.2. The standard InChI is InChI=1S/C20H24N2O2/c1-14(22-10-3-4-11-22)15-6-5-7-16(12-15)17-8-9-19(21-2)18(13-17)20(23)24/h5-9,12-14,21H,3-4,10-11H2,1-2H3,(H,23,24). The molecule has 2 aromatic carbocycles. The number of likely N-dealkylation sites (tertiary alicyclic amines) is 1. The van der Waals surface area contributed by atoms with Gasteiger partial charge in [-0.2, -0.15) is 0 Å². The van der Waals surface area contributed by atoms with Crippen LogP contribution in [0.1, 0.15) is 41.7 Å². The first kappa shape index (κ1) is 16.5. The van der Waals surface area contributed by atoms with Gasteiger partial charge >= 0.3 is 5.97 Å². The monoisotopic (exact) mass is 324 g/mol. The lowest BCUT2D eigenvalue weighted by Gasteiger charge is -2.24. The van der Waals surface area contributed by atoms with E-state index in [0.717, 1.165) is 24.2 Å². The Morgan fingerprint density at radius 3 is 2.50 bits per heavy atom. The van der Waals surface area contributed by atoms with Gasteiger partial charge in [-0.1, -0.05) is 24.3 Å². The number of aromatic carboxylic acids is 1. The summed E-state index contributed by atoms with van der Waals surface area (Å²) in [5.74, 6) is -0.914. The Balaban J connectivity index is 1.94. The molecule has 1 unspecified atom stereocenters. The largest absolute Gasteiger partial charge is 0.478 e. The van der Waals surface area contributed by atoms with E-state index in [1.165, 1.54) is 18.4 Å². The minimum absolute atomic E-state index is 0.299. The number of hydrogen-bond acceptors (Lipinski definition) is 3. The molecule has 1 heterocycles. The Morgan fingerprint density at radius 2 is 1.83 bits per heavy atom. The summed E-state index contributed by atoms with van der Waals surface area (Å²) in [6.07, 6.45) is 2.55. The summed E-state index contributed by atoms with van der Waals surface area (Å²) in [6, 6.07) is 14.4. The van der Waals surface area contributed by atoms with E-state index in [1.807, 2.05) is 18.2 Å². The highest BCUT2D eigenvalue weighted by Gasteiger charge is 2.19. The first-order valence-corrected chi connectivity index (χ1v) is 8.49. The van der Waals surface area contributed by atoms with Crippen molar-refractivity contribution in [1.82, 2.24) is 4.90 Å². The molecule has 0 spiro atoms. The molecule has 4 heteroatoms. The number of nitrogens with zero attached hydrogens (tertiary/aromatic N) is 1. The number of anilines is 1. The van der Waals surface area contributed by atoms with Crippen molar-refractivity contribution in [3.63, 3.8) is 0 Å². The highest BCUT2D eigenvalue weighted by molar-refractivity contribution is 5.96. The summed E-state index contributed by atoms with van der Waals surface area (Å²) in [4.78, 5) is 14.0. The minimum Gasteiger partial charge on any atom is -0.478 e. The number of carboxylic acids is 1. The summed E-state index contributed by atoms with van der Waals surface area (Å²) in [6.45, 7) is 4.56. The fourth-order valence-corrected chi connectivity index (χ4v) is 3.44. The van der Waals surface area contributed by atoms with Crippen molar-refractivity contribution in [1.29, 1.82) is 0 Å². The predicted octanol–water partition coefficient (Wildman–Crippen LogP) is 4.25. The molecule has 1 aliphatic rings. The highest BCUT2D eigenvalue weighted by Crippen LogP contribution is 2.30. The van der Waals surface area contributed by atoms with Crippen LogP contribution in [0.3, 0.4) is 0 Å². The molecule has 2 aromatic rings. The molecule has 0 aliphatic carbocycles. The second-order valence-corrected chi connectivity index (χ2v) is 6.36. The van der Waals surface area contributed by atoms with Crippen molar-refractivity contribution in [2.75, 3.05) is 25.5 Å². The molecule has 0 aromatic heterocycles. The van der Waals surface area contributed by atoms with Gasteiger partial charge in [-0.25, -0.2) is 4.79 Å². The average molecular weight is 324 g/mol. The molecule has 0 bridgehead atoms. The lowest BCUT2D eigenvalue weighted by molar-refractivity contribution is 0.0698. The van der Waals surface area contributed by atoms with E-state index in [-0.39, 0.29) is 0 Å². The number of nitrogens with one attached hydrogen (secondary N) is 1. The van der Waals surface area contributed by atoms with E-state index in [1.54, 1.807) is 13.1 Å². The second kappa shape index (κ2) is 7.05. The normalized spacial score (nSPS) is 16.1. The van der Waals surface area contributed by atoms with E-state index in [4.69, 9.17) is 0 Å². The molecule has 24 heavy (non-hydrogen) atoms. The topological polar surface area (TPSA) is 52.6 Å². The SMILES string of the molecule is CNc1ccc(-c2cccc(C(C)N3CCCC3)c2)cc1C(=O)O. The molecule has 0 amide bonds. The van der Waals surface area contributed by atoms with Gasteiger partial charge in [-0.05, 0) is 67.7 Å². The van der Waals surface area contributed by atoms with Crippen LogP contribution in [0.2, 0.25) is 0 Å². The maximum absolute atomic E-state index is 11.5. The Labute approximate surface area is 143 Å². The van der Waals surface area contributed by atoms with Gasteiger partial charge in [0.15, 0.2) is 0 Å². The van der Waals surface area contributed by atoms with Crippen molar-refractivity contribution in [2.45, 2.75) is 25.8 Å². The third-order valence-corrected chi connectivity index (χ3v) is 4.91. The number of carboxylic acid groups (broad SMARTS) is 1. The van der Waals surface area contributed by atoms with Crippen molar-refractivity contribution in [3.05, 3.63) is 53.6 Å². The molecule has 1 saturated heterocycles. The molecule has 126 valence electrons. The highest BCUT2D eigenvalue weighted by atomic mass is 16.4. The zero-order chi connectivity index (χ0) is 17.1. The van der Waals surface area contributed by atoms with Crippen molar-refractivity contribution < 1.29 is 9.90 Å². The Hall–Kier alpha value is -2.33. The Kier molecular flexibility index (Phi) is 4.86. The number of rotatable bonds is 5.